The van der Waals surface area contributed by atoms with E-state index in [1.54, 1.807) is 11.9 Å². The Bertz CT molecular complexity index is 1030. The number of nitrogens with zero attached hydrogens (tertiary/aromatic N) is 2. The first kappa shape index (κ1) is 29.1. The predicted octanol–water partition coefficient (Wildman–Crippen LogP) is 5.19. The third kappa shape index (κ3) is 9.74. The highest BCUT2D eigenvalue weighted by Crippen LogP contribution is 2.22. The van der Waals surface area contributed by atoms with Crippen LogP contribution in [0.4, 0.5) is 10.5 Å². The van der Waals surface area contributed by atoms with E-state index in [1.807, 2.05) is 48.4 Å². The summed E-state index contributed by atoms with van der Waals surface area (Å²) in [6, 6.07) is 7.16. The normalized spacial score (nSPS) is 19.0. The standard InChI is InChI=1S/C28H40N6OS2/c1-4-34(5-2)18-17-33(3)27(29)22-7-6-8-24(19-22)32-28(35)31-23-11-15-26(16-12-23)37-30-20-21-9-13-25(36)14-10-21/h6-9,11,13,15-16,19,21,23,29-30H,4-5,10,12,14,17-18,20H2,1-3H3,(H2,31,32,35). The molecule has 4 N–H and O–H groups in total. The quantitative estimate of drug-likeness (QED) is 0.126. The van der Waals surface area contributed by atoms with Crippen molar-refractivity contribution in [2.45, 2.75) is 39.2 Å². The molecule has 1 aromatic carbocycles. The van der Waals surface area contributed by atoms with Crippen molar-refractivity contribution in [1.82, 2.24) is 19.8 Å². The van der Waals surface area contributed by atoms with Crippen molar-refractivity contribution in [3.63, 3.8) is 0 Å². The highest BCUT2D eigenvalue weighted by Gasteiger charge is 2.15. The van der Waals surface area contributed by atoms with Crippen LogP contribution in [0, 0.1) is 11.3 Å². The molecule has 0 saturated carbocycles. The smallest absolute Gasteiger partial charge is 0.319 e. The van der Waals surface area contributed by atoms with E-state index in [-0.39, 0.29) is 12.1 Å². The Hall–Kier alpha value is -2.46. The topological polar surface area (TPSA) is 83.5 Å². The maximum absolute atomic E-state index is 12.6. The van der Waals surface area contributed by atoms with Gasteiger partial charge in [0.2, 0.25) is 0 Å². The Labute approximate surface area is 231 Å². The molecule has 0 aliphatic heterocycles. The SMILES string of the molecule is CCN(CC)CCN(C)C(=N)c1cccc(NC(=O)NC2C=CC(SNCC3C=CC(=S)CC3)=CC2)c1. The van der Waals surface area contributed by atoms with Crippen LogP contribution in [-0.2, 0) is 0 Å². The molecule has 200 valence electrons. The Kier molecular flexibility index (Phi) is 11.9. The van der Waals surface area contributed by atoms with Gasteiger partial charge in [-0.1, -0.05) is 62.5 Å². The van der Waals surface area contributed by atoms with Crippen molar-refractivity contribution in [2.75, 3.05) is 45.1 Å². The van der Waals surface area contributed by atoms with E-state index in [9.17, 15) is 4.79 Å². The van der Waals surface area contributed by atoms with Gasteiger partial charge >= 0.3 is 6.03 Å². The minimum Gasteiger partial charge on any atom is -0.358 e. The molecular formula is C28H40N6OS2. The monoisotopic (exact) mass is 540 g/mol. The lowest BCUT2D eigenvalue weighted by atomic mass is 9.96. The van der Waals surface area contributed by atoms with Gasteiger partial charge in [0.1, 0.15) is 5.84 Å². The molecule has 0 aromatic heterocycles. The first-order valence-corrected chi connectivity index (χ1v) is 14.3. The molecule has 3 rings (SSSR count). The van der Waals surface area contributed by atoms with Gasteiger partial charge in [0, 0.05) is 47.7 Å². The summed E-state index contributed by atoms with van der Waals surface area (Å²) in [6.45, 7) is 8.92. The minimum atomic E-state index is -0.252. The lowest BCUT2D eigenvalue weighted by Gasteiger charge is -2.25. The number of allylic oxidation sites excluding steroid dienone is 2. The molecule has 37 heavy (non-hydrogen) atoms. The first-order valence-electron chi connectivity index (χ1n) is 13.1. The number of carbonyl (C=O) groups excluding carboxylic acids is 1. The molecule has 2 aliphatic rings. The summed E-state index contributed by atoms with van der Waals surface area (Å²) in [5.41, 5.74) is 1.45. The fourth-order valence-corrected chi connectivity index (χ4v) is 5.17. The third-order valence-corrected chi connectivity index (χ3v) is 7.84. The number of nitrogens with one attached hydrogen (secondary N) is 4. The van der Waals surface area contributed by atoms with Gasteiger partial charge in [0.25, 0.3) is 0 Å². The van der Waals surface area contributed by atoms with Crippen molar-refractivity contribution in [2.24, 2.45) is 5.92 Å². The van der Waals surface area contributed by atoms with Crippen LogP contribution < -0.4 is 15.4 Å². The lowest BCUT2D eigenvalue weighted by molar-refractivity contribution is 0.250. The van der Waals surface area contributed by atoms with Crippen LogP contribution in [0.5, 0.6) is 0 Å². The number of urea groups is 1. The molecule has 2 atom stereocenters. The van der Waals surface area contributed by atoms with Gasteiger partial charge in [-0.3, -0.25) is 10.1 Å². The summed E-state index contributed by atoms with van der Waals surface area (Å²) in [5.74, 6) is 0.971. The number of hydrogen-bond acceptors (Lipinski definition) is 6. The number of likely N-dealkylation sites (N-methyl/N-ethyl adjacent to an activating group) is 2. The zero-order chi connectivity index (χ0) is 26.6. The summed E-state index contributed by atoms with van der Waals surface area (Å²) in [7, 11) is 1.94. The second-order valence-electron chi connectivity index (χ2n) is 9.36. The first-order chi connectivity index (χ1) is 17.9. The molecule has 7 nitrogen and oxygen atoms in total. The number of thiocarbonyl (C=S) groups is 1. The highest BCUT2D eigenvalue weighted by molar-refractivity contribution is 8.01. The van der Waals surface area contributed by atoms with E-state index in [1.165, 1.54) is 0 Å². The Morgan fingerprint density at radius 2 is 2.00 bits per heavy atom. The van der Waals surface area contributed by atoms with E-state index in [0.29, 0.717) is 17.4 Å². The van der Waals surface area contributed by atoms with Gasteiger partial charge in [-0.2, -0.15) is 0 Å². The number of anilines is 1. The fraction of sp³-hybridized carbons (Fsp3) is 0.464. The maximum atomic E-state index is 12.6. The molecule has 9 heteroatoms. The van der Waals surface area contributed by atoms with Gasteiger partial charge in [-0.25, -0.2) is 4.79 Å². The summed E-state index contributed by atoms with van der Waals surface area (Å²) < 4.78 is 3.45. The Morgan fingerprint density at radius 3 is 2.68 bits per heavy atom. The maximum Gasteiger partial charge on any atom is 0.319 e. The number of rotatable bonds is 12. The van der Waals surface area contributed by atoms with Crippen molar-refractivity contribution in [3.05, 3.63) is 65.1 Å². The molecule has 0 radical (unpaired) electrons. The van der Waals surface area contributed by atoms with E-state index < -0.39 is 0 Å². The van der Waals surface area contributed by atoms with E-state index in [4.69, 9.17) is 17.6 Å². The summed E-state index contributed by atoms with van der Waals surface area (Å²) in [6.07, 6.45) is 13.3. The zero-order valence-electron chi connectivity index (χ0n) is 22.1. The summed E-state index contributed by atoms with van der Waals surface area (Å²) in [5, 5.41) is 14.5. The van der Waals surface area contributed by atoms with Crippen LogP contribution in [0.2, 0.25) is 0 Å². The molecule has 2 unspecified atom stereocenters. The second kappa shape index (κ2) is 15.1. The molecule has 0 heterocycles. The molecule has 0 fully saturated rings. The largest absolute Gasteiger partial charge is 0.358 e. The van der Waals surface area contributed by atoms with Crippen LogP contribution in [0.15, 0.2) is 59.6 Å². The summed E-state index contributed by atoms with van der Waals surface area (Å²) in [4.78, 5) is 19.1. The van der Waals surface area contributed by atoms with E-state index >= 15 is 0 Å². The number of amidine groups is 1. The van der Waals surface area contributed by atoms with Crippen molar-refractivity contribution in [3.8, 4) is 0 Å². The predicted molar refractivity (Wildman–Crippen MR) is 162 cm³/mol. The van der Waals surface area contributed by atoms with Gasteiger partial charge in [0.15, 0.2) is 0 Å². The third-order valence-electron chi connectivity index (χ3n) is 6.66. The van der Waals surface area contributed by atoms with Crippen LogP contribution in [-0.4, -0.2) is 72.3 Å². The molecule has 2 aliphatic carbocycles. The van der Waals surface area contributed by atoms with Gasteiger partial charge in [-0.15, -0.1) is 0 Å². The molecule has 0 spiro atoms. The molecular weight excluding hydrogens is 500 g/mol. The van der Waals surface area contributed by atoms with Crippen molar-refractivity contribution >= 4 is 46.6 Å². The lowest BCUT2D eigenvalue weighted by Crippen LogP contribution is -2.37. The average Bonchev–Trinajstić information content (AvgIpc) is 2.91. The Balaban J connectivity index is 1.41. The van der Waals surface area contributed by atoms with Crippen LogP contribution >= 0.6 is 24.2 Å². The van der Waals surface area contributed by atoms with Crippen molar-refractivity contribution in [1.29, 1.82) is 5.41 Å². The fourth-order valence-electron chi connectivity index (χ4n) is 4.18. The second-order valence-corrected chi connectivity index (χ2v) is 10.8. The Morgan fingerprint density at radius 1 is 1.19 bits per heavy atom. The number of hydrogen-bond donors (Lipinski definition) is 4. The summed E-state index contributed by atoms with van der Waals surface area (Å²) >= 11 is 6.85. The minimum absolute atomic E-state index is 0.0562. The molecule has 0 bridgehead atoms. The van der Waals surface area contributed by atoms with Crippen LogP contribution in [0.1, 0.15) is 38.7 Å². The zero-order valence-corrected chi connectivity index (χ0v) is 23.8. The number of benzene rings is 1. The van der Waals surface area contributed by atoms with Gasteiger partial charge in [-0.05, 0) is 68.4 Å². The highest BCUT2D eigenvalue weighted by atomic mass is 32.2. The van der Waals surface area contributed by atoms with Gasteiger partial charge in [0.05, 0.1) is 6.04 Å². The van der Waals surface area contributed by atoms with Gasteiger partial charge < -0.3 is 20.4 Å². The van der Waals surface area contributed by atoms with Crippen LogP contribution in [0.3, 0.4) is 0 Å². The van der Waals surface area contributed by atoms with E-state index in [0.717, 1.165) is 67.3 Å². The number of carbonyl (C=O) groups is 1. The average molecular weight is 541 g/mol. The molecule has 2 amide bonds. The molecule has 0 saturated heterocycles. The van der Waals surface area contributed by atoms with Crippen LogP contribution in [0.25, 0.3) is 0 Å². The van der Waals surface area contributed by atoms with Crippen molar-refractivity contribution < 1.29 is 4.79 Å². The number of amides is 2. The van der Waals surface area contributed by atoms with E-state index in [2.05, 4.69) is 52.3 Å². The molecule has 1 aromatic rings.